The molecule has 0 bridgehead atoms. The van der Waals surface area contributed by atoms with Crippen molar-refractivity contribution in [3.8, 4) is 0 Å². The van der Waals surface area contributed by atoms with Gasteiger partial charge in [-0.3, -0.25) is 4.79 Å². The van der Waals surface area contributed by atoms with Gasteiger partial charge in [0.2, 0.25) is 5.91 Å². The molecule has 0 aromatic rings. The van der Waals surface area contributed by atoms with E-state index in [1.54, 1.807) is 0 Å². The van der Waals surface area contributed by atoms with Crippen LogP contribution in [0.15, 0.2) is 0 Å². The van der Waals surface area contributed by atoms with E-state index in [0.29, 0.717) is 0 Å². The number of hydrogen-bond donors (Lipinski definition) is 2. The first-order valence-electron chi connectivity index (χ1n) is 6.51. The van der Waals surface area contributed by atoms with Gasteiger partial charge in [-0.2, -0.15) is 11.8 Å². The van der Waals surface area contributed by atoms with Crippen LogP contribution in [0.5, 0.6) is 0 Å². The van der Waals surface area contributed by atoms with E-state index >= 15 is 0 Å². The monoisotopic (exact) mass is 258 g/mol. The number of amides is 1. The predicted molar refractivity (Wildman–Crippen MR) is 75.4 cm³/mol. The molecule has 1 atom stereocenters. The third-order valence-electron chi connectivity index (χ3n) is 2.95. The summed E-state index contributed by atoms with van der Waals surface area (Å²) in [5.74, 6) is 3.40. The van der Waals surface area contributed by atoms with Gasteiger partial charge in [-0.15, -0.1) is 0 Å². The SMILES string of the molecule is CC(NCC1CCSCC1)C(=O)NC(C)(C)C. The highest BCUT2D eigenvalue weighted by atomic mass is 32.2. The molecule has 1 aliphatic rings. The minimum atomic E-state index is -0.144. The molecule has 1 rings (SSSR count). The zero-order valence-electron chi connectivity index (χ0n) is 11.5. The van der Waals surface area contributed by atoms with Crippen LogP contribution in [0.2, 0.25) is 0 Å². The topological polar surface area (TPSA) is 41.1 Å². The molecule has 3 nitrogen and oxygen atoms in total. The van der Waals surface area contributed by atoms with Gasteiger partial charge in [0.1, 0.15) is 0 Å². The maximum absolute atomic E-state index is 11.9. The van der Waals surface area contributed by atoms with Gasteiger partial charge >= 0.3 is 0 Å². The van der Waals surface area contributed by atoms with Gasteiger partial charge in [-0.25, -0.2) is 0 Å². The van der Waals surface area contributed by atoms with Crippen LogP contribution in [-0.2, 0) is 4.79 Å². The van der Waals surface area contributed by atoms with Crippen molar-refractivity contribution in [2.24, 2.45) is 5.92 Å². The van der Waals surface area contributed by atoms with E-state index in [0.717, 1.165) is 12.5 Å². The van der Waals surface area contributed by atoms with Crippen molar-refractivity contribution in [1.29, 1.82) is 0 Å². The van der Waals surface area contributed by atoms with Gasteiger partial charge in [0.05, 0.1) is 6.04 Å². The molecule has 1 unspecified atom stereocenters. The van der Waals surface area contributed by atoms with Crippen molar-refractivity contribution in [3.63, 3.8) is 0 Å². The first kappa shape index (κ1) is 14.8. The predicted octanol–water partition coefficient (Wildman–Crippen LogP) is 2.02. The summed E-state index contributed by atoms with van der Waals surface area (Å²) in [6.07, 6.45) is 2.57. The summed E-state index contributed by atoms with van der Waals surface area (Å²) in [6.45, 7) is 8.94. The Labute approximate surface area is 109 Å². The molecule has 1 fully saturated rings. The van der Waals surface area contributed by atoms with Gasteiger partial charge in [-0.05, 0) is 64.5 Å². The quantitative estimate of drug-likeness (QED) is 0.810. The van der Waals surface area contributed by atoms with Crippen LogP contribution < -0.4 is 10.6 Å². The molecule has 2 N–H and O–H groups in total. The van der Waals surface area contributed by atoms with E-state index in [9.17, 15) is 4.79 Å². The Morgan fingerprint density at radius 2 is 1.94 bits per heavy atom. The lowest BCUT2D eigenvalue weighted by molar-refractivity contribution is -0.124. The number of carbonyl (C=O) groups is 1. The van der Waals surface area contributed by atoms with Crippen LogP contribution in [0, 0.1) is 5.92 Å². The van der Waals surface area contributed by atoms with Crippen LogP contribution in [0.4, 0.5) is 0 Å². The molecule has 0 aromatic carbocycles. The van der Waals surface area contributed by atoms with E-state index in [4.69, 9.17) is 0 Å². The van der Waals surface area contributed by atoms with Crippen LogP contribution in [-0.4, -0.2) is 35.5 Å². The number of rotatable bonds is 4. The number of hydrogen-bond acceptors (Lipinski definition) is 3. The average molecular weight is 258 g/mol. The van der Waals surface area contributed by atoms with Crippen LogP contribution in [0.1, 0.15) is 40.5 Å². The van der Waals surface area contributed by atoms with Gasteiger partial charge in [0.15, 0.2) is 0 Å². The Morgan fingerprint density at radius 1 is 1.35 bits per heavy atom. The molecule has 0 saturated carbocycles. The summed E-state index contributed by atoms with van der Waals surface area (Å²) < 4.78 is 0. The number of carbonyl (C=O) groups excluding carboxylic acids is 1. The van der Waals surface area contributed by atoms with Gasteiger partial charge in [-0.1, -0.05) is 0 Å². The smallest absolute Gasteiger partial charge is 0.237 e. The summed E-state index contributed by atoms with van der Waals surface area (Å²) in [4.78, 5) is 11.9. The van der Waals surface area contributed by atoms with Crippen molar-refractivity contribution in [3.05, 3.63) is 0 Å². The minimum absolute atomic E-state index is 0.0937. The highest BCUT2D eigenvalue weighted by molar-refractivity contribution is 7.99. The lowest BCUT2D eigenvalue weighted by Gasteiger charge is -2.26. The molecule has 17 heavy (non-hydrogen) atoms. The molecule has 0 radical (unpaired) electrons. The zero-order valence-corrected chi connectivity index (χ0v) is 12.3. The molecule has 0 aromatic heterocycles. The Hall–Kier alpha value is -0.220. The summed E-state index contributed by atoms with van der Waals surface area (Å²) >= 11 is 2.04. The second-order valence-electron chi connectivity index (χ2n) is 5.92. The van der Waals surface area contributed by atoms with Crippen LogP contribution in [0.3, 0.4) is 0 Å². The highest BCUT2D eigenvalue weighted by Crippen LogP contribution is 2.21. The molecule has 100 valence electrons. The van der Waals surface area contributed by atoms with Gasteiger partial charge < -0.3 is 10.6 Å². The second-order valence-corrected chi connectivity index (χ2v) is 7.15. The third kappa shape index (κ3) is 6.32. The third-order valence-corrected chi connectivity index (χ3v) is 3.99. The number of thioether (sulfide) groups is 1. The standard InChI is InChI=1S/C13H26N2OS/c1-10(12(16)15-13(2,3)4)14-9-11-5-7-17-8-6-11/h10-11,14H,5-9H2,1-4H3,(H,15,16). The lowest BCUT2D eigenvalue weighted by Crippen LogP contribution is -2.50. The fourth-order valence-corrected chi connectivity index (χ4v) is 3.07. The van der Waals surface area contributed by atoms with Gasteiger partial charge in [0, 0.05) is 5.54 Å². The van der Waals surface area contributed by atoms with E-state index in [1.165, 1.54) is 24.3 Å². The number of nitrogens with one attached hydrogen (secondary N) is 2. The van der Waals surface area contributed by atoms with Crippen LogP contribution >= 0.6 is 11.8 Å². The van der Waals surface area contributed by atoms with Crippen molar-refractivity contribution in [2.45, 2.75) is 52.1 Å². The van der Waals surface area contributed by atoms with Crippen LogP contribution in [0.25, 0.3) is 0 Å². The van der Waals surface area contributed by atoms with E-state index in [1.807, 2.05) is 39.5 Å². The molecule has 1 heterocycles. The zero-order chi connectivity index (χ0) is 12.9. The molecular formula is C13H26N2OS. The maximum atomic E-state index is 11.9. The Kier molecular flexibility index (Phi) is 5.80. The summed E-state index contributed by atoms with van der Waals surface area (Å²) in [6, 6.07) is -0.0937. The first-order valence-corrected chi connectivity index (χ1v) is 7.67. The minimum Gasteiger partial charge on any atom is -0.350 e. The average Bonchev–Trinajstić information content (AvgIpc) is 2.25. The summed E-state index contributed by atoms with van der Waals surface area (Å²) in [7, 11) is 0. The van der Waals surface area contributed by atoms with Crippen molar-refractivity contribution >= 4 is 17.7 Å². The Bertz CT molecular complexity index is 244. The lowest BCUT2D eigenvalue weighted by atomic mass is 10.0. The molecule has 0 spiro atoms. The molecule has 1 amide bonds. The fourth-order valence-electron chi connectivity index (χ4n) is 1.86. The first-order chi connectivity index (χ1) is 7.88. The molecule has 1 aliphatic heterocycles. The summed E-state index contributed by atoms with van der Waals surface area (Å²) in [5, 5.41) is 6.35. The molecule has 1 saturated heterocycles. The van der Waals surface area contributed by atoms with E-state index < -0.39 is 0 Å². The van der Waals surface area contributed by atoms with Crippen molar-refractivity contribution in [2.75, 3.05) is 18.1 Å². The summed E-state index contributed by atoms with van der Waals surface area (Å²) in [5.41, 5.74) is -0.144. The van der Waals surface area contributed by atoms with Crippen molar-refractivity contribution < 1.29 is 4.79 Å². The van der Waals surface area contributed by atoms with E-state index in [-0.39, 0.29) is 17.5 Å². The maximum Gasteiger partial charge on any atom is 0.237 e. The van der Waals surface area contributed by atoms with Gasteiger partial charge in [0.25, 0.3) is 0 Å². The molecule has 4 heteroatoms. The fraction of sp³-hybridized carbons (Fsp3) is 0.923. The highest BCUT2D eigenvalue weighted by Gasteiger charge is 2.20. The Morgan fingerprint density at radius 3 is 2.47 bits per heavy atom. The second kappa shape index (κ2) is 6.64. The normalized spacial score (nSPS) is 20.0. The Balaban J connectivity index is 2.23. The van der Waals surface area contributed by atoms with E-state index in [2.05, 4.69) is 10.6 Å². The van der Waals surface area contributed by atoms with Crippen molar-refractivity contribution in [1.82, 2.24) is 10.6 Å². The largest absolute Gasteiger partial charge is 0.350 e. The molecular weight excluding hydrogens is 232 g/mol. The molecule has 0 aliphatic carbocycles.